The average molecular weight is 241 g/mol. The van der Waals surface area contributed by atoms with E-state index in [-0.39, 0.29) is 18.0 Å². The molecule has 0 aromatic rings. The molecule has 0 bridgehead atoms. The summed E-state index contributed by atoms with van der Waals surface area (Å²) in [5.41, 5.74) is 5.65. The number of hydrogen-bond acceptors (Lipinski definition) is 3. The van der Waals surface area contributed by atoms with Crippen LogP contribution in [0.25, 0.3) is 0 Å². The largest absolute Gasteiger partial charge is 0.353 e. The van der Waals surface area contributed by atoms with E-state index in [1.54, 1.807) is 0 Å². The second kappa shape index (κ2) is 6.97. The van der Waals surface area contributed by atoms with Crippen LogP contribution in [0.4, 0.5) is 0 Å². The van der Waals surface area contributed by atoms with E-state index >= 15 is 0 Å². The van der Waals surface area contributed by atoms with E-state index in [1.165, 1.54) is 19.3 Å². The SMILES string of the molecule is CC(C)NC(=O)C(C)N1CCCCC1CCN. The summed E-state index contributed by atoms with van der Waals surface area (Å²) in [6.07, 6.45) is 4.63. The van der Waals surface area contributed by atoms with E-state index in [4.69, 9.17) is 5.73 Å². The smallest absolute Gasteiger partial charge is 0.237 e. The van der Waals surface area contributed by atoms with Gasteiger partial charge in [0.1, 0.15) is 0 Å². The Kier molecular flexibility index (Phi) is 5.92. The molecule has 1 rings (SSSR count). The minimum absolute atomic E-state index is 0.0331. The molecule has 4 nitrogen and oxygen atoms in total. The van der Waals surface area contributed by atoms with Gasteiger partial charge in [-0.3, -0.25) is 9.69 Å². The summed E-state index contributed by atoms with van der Waals surface area (Å²) in [6, 6.07) is 0.665. The van der Waals surface area contributed by atoms with Gasteiger partial charge in [0, 0.05) is 12.1 Å². The zero-order valence-electron chi connectivity index (χ0n) is 11.4. The highest BCUT2D eigenvalue weighted by Crippen LogP contribution is 2.21. The second-order valence-corrected chi connectivity index (χ2v) is 5.30. The Morgan fingerprint density at radius 1 is 1.41 bits per heavy atom. The summed E-state index contributed by atoms with van der Waals surface area (Å²) in [6.45, 7) is 7.74. The Bertz CT molecular complexity index is 241. The fraction of sp³-hybridized carbons (Fsp3) is 0.923. The zero-order valence-corrected chi connectivity index (χ0v) is 11.4. The Morgan fingerprint density at radius 2 is 2.12 bits per heavy atom. The lowest BCUT2D eigenvalue weighted by atomic mass is 9.97. The lowest BCUT2D eigenvalue weighted by molar-refractivity contribution is -0.127. The first-order chi connectivity index (χ1) is 8.06. The zero-order chi connectivity index (χ0) is 12.8. The number of amides is 1. The van der Waals surface area contributed by atoms with Crippen LogP contribution in [0.2, 0.25) is 0 Å². The normalized spacial score (nSPS) is 23.7. The molecular weight excluding hydrogens is 214 g/mol. The number of rotatable bonds is 5. The fourth-order valence-corrected chi connectivity index (χ4v) is 2.59. The lowest BCUT2D eigenvalue weighted by Gasteiger charge is -2.39. The topological polar surface area (TPSA) is 58.4 Å². The Balaban J connectivity index is 2.57. The minimum Gasteiger partial charge on any atom is -0.353 e. The first-order valence-electron chi connectivity index (χ1n) is 6.82. The third-order valence-electron chi connectivity index (χ3n) is 3.48. The van der Waals surface area contributed by atoms with Gasteiger partial charge in [-0.1, -0.05) is 6.42 Å². The van der Waals surface area contributed by atoms with Crippen molar-refractivity contribution in [3.8, 4) is 0 Å². The molecule has 0 spiro atoms. The van der Waals surface area contributed by atoms with Crippen LogP contribution in [0.15, 0.2) is 0 Å². The van der Waals surface area contributed by atoms with Gasteiger partial charge in [0.15, 0.2) is 0 Å². The molecule has 0 saturated carbocycles. The van der Waals surface area contributed by atoms with Gasteiger partial charge >= 0.3 is 0 Å². The molecule has 100 valence electrons. The van der Waals surface area contributed by atoms with Crippen molar-refractivity contribution >= 4 is 5.91 Å². The molecule has 3 N–H and O–H groups in total. The van der Waals surface area contributed by atoms with E-state index in [0.29, 0.717) is 12.6 Å². The molecule has 4 heteroatoms. The molecule has 0 aromatic carbocycles. The summed E-state index contributed by atoms with van der Waals surface area (Å²) in [5.74, 6) is 0.143. The van der Waals surface area contributed by atoms with Crippen molar-refractivity contribution in [1.29, 1.82) is 0 Å². The Morgan fingerprint density at radius 3 is 2.71 bits per heavy atom. The van der Waals surface area contributed by atoms with Gasteiger partial charge in [-0.2, -0.15) is 0 Å². The molecule has 2 atom stereocenters. The average Bonchev–Trinajstić information content (AvgIpc) is 2.28. The Hall–Kier alpha value is -0.610. The monoisotopic (exact) mass is 241 g/mol. The number of nitrogens with one attached hydrogen (secondary N) is 1. The van der Waals surface area contributed by atoms with Crippen molar-refractivity contribution in [3.05, 3.63) is 0 Å². The van der Waals surface area contributed by atoms with Gasteiger partial charge in [0.25, 0.3) is 0 Å². The predicted octanol–water partition coefficient (Wildman–Crippen LogP) is 1.10. The Labute approximate surface area is 105 Å². The van der Waals surface area contributed by atoms with Gasteiger partial charge < -0.3 is 11.1 Å². The van der Waals surface area contributed by atoms with Crippen LogP contribution in [0.1, 0.15) is 46.5 Å². The molecule has 17 heavy (non-hydrogen) atoms. The molecule has 0 radical (unpaired) electrons. The molecule has 2 unspecified atom stereocenters. The molecule has 1 saturated heterocycles. The third kappa shape index (κ3) is 4.28. The second-order valence-electron chi connectivity index (χ2n) is 5.30. The molecule has 0 aliphatic carbocycles. The number of hydrogen-bond donors (Lipinski definition) is 2. The van der Waals surface area contributed by atoms with Gasteiger partial charge in [0.05, 0.1) is 6.04 Å². The summed E-state index contributed by atoms with van der Waals surface area (Å²) >= 11 is 0. The van der Waals surface area contributed by atoms with Crippen LogP contribution in [-0.2, 0) is 4.79 Å². The van der Waals surface area contributed by atoms with Gasteiger partial charge in [-0.15, -0.1) is 0 Å². The minimum atomic E-state index is -0.0331. The van der Waals surface area contributed by atoms with E-state index in [0.717, 1.165) is 13.0 Å². The van der Waals surface area contributed by atoms with Crippen molar-refractivity contribution in [3.63, 3.8) is 0 Å². The number of likely N-dealkylation sites (tertiary alicyclic amines) is 1. The van der Waals surface area contributed by atoms with Gasteiger partial charge in [-0.05, 0) is 53.1 Å². The molecular formula is C13H27N3O. The van der Waals surface area contributed by atoms with Crippen LogP contribution in [0.3, 0.4) is 0 Å². The van der Waals surface area contributed by atoms with Crippen LogP contribution < -0.4 is 11.1 Å². The van der Waals surface area contributed by atoms with Crippen LogP contribution >= 0.6 is 0 Å². The fourth-order valence-electron chi connectivity index (χ4n) is 2.59. The molecule has 0 aromatic heterocycles. The highest BCUT2D eigenvalue weighted by Gasteiger charge is 2.29. The summed E-state index contributed by atoms with van der Waals surface area (Å²) in [4.78, 5) is 14.3. The van der Waals surface area contributed by atoms with Crippen LogP contribution in [-0.4, -0.2) is 42.0 Å². The standard InChI is InChI=1S/C13H27N3O/c1-10(2)15-13(17)11(3)16-9-5-4-6-12(16)7-8-14/h10-12H,4-9,14H2,1-3H3,(H,15,17). The van der Waals surface area contributed by atoms with Crippen LogP contribution in [0.5, 0.6) is 0 Å². The summed E-state index contributed by atoms with van der Waals surface area (Å²) in [7, 11) is 0. The maximum atomic E-state index is 12.0. The van der Waals surface area contributed by atoms with Crippen LogP contribution in [0, 0.1) is 0 Å². The van der Waals surface area contributed by atoms with E-state index in [9.17, 15) is 4.79 Å². The maximum Gasteiger partial charge on any atom is 0.237 e. The lowest BCUT2D eigenvalue weighted by Crippen LogP contribution is -2.53. The highest BCUT2D eigenvalue weighted by molar-refractivity contribution is 5.81. The molecule has 1 amide bonds. The first kappa shape index (κ1) is 14.5. The molecule has 1 heterocycles. The maximum absolute atomic E-state index is 12.0. The third-order valence-corrected chi connectivity index (χ3v) is 3.48. The van der Waals surface area contributed by atoms with E-state index in [2.05, 4.69) is 10.2 Å². The van der Waals surface area contributed by atoms with Crippen molar-refractivity contribution < 1.29 is 4.79 Å². The number of nitrogens with zero attached hydrogens (tertiary/aromatic N) is 1. The van der Waals surface area contributed by atoms with Crippen molar-refractivity contribution in [2.24, 2.45) is 5.73 Å². The molecule has 1 fully saturated rings. The highest BCUT2D eigenvalue weighted by atomic mass is 16.2. The van der Waals surface area contributed by atoms with Crippen molar-refractivity contribution in [2.45, 2.75) is 64.6 Å². The number of carbonyl (C=O) groups excluding carboxylic acids is 1. The van der Waals surface area contributed by atoms with Crippen molar-refractivity contribution in [1.82, 2.24) is 10.2 Å². The molecule has 1 aliphatic heterocycles. The first-order valence-corrected chi connectivity index (χ1v) is 6.82. The number of carbonyl (C=O) groups is 1. The van der Waals surface area contributed by atoms with Gasteiger partial charge in [-0.25, -0.2) is 0 Å². The number of nitrogens with two attached hydrogens (primary N) is 1. The van der Waals surface area contributed by atoms with E-state index < -0.39 is 0 Å². The summed E-state index contributed by atoms with van der Waals surface area (Å²) in [5, 5.41) is 2.99. The van der Waals surface area contributed by atoms with Gasteiger partial charge in [0.2, 0.25) is 5.91 Å². The quantitative estimate of drug-likeness (QED) is 0.758. The predicted molar refractivity (Wildman–Crippen MR) is 70.8 cm³/mol. The van der Waals surface area contributed by atoms with Crippen molar-refractivity contribution in [2.75, 3.05) is 13.1 Å². The molecule has 1 aliphatic rings. The number of piperidine rings is 1. The van der Waals surface area contributed by atoms with E-state index in [1.807, 2.05) is 20.8 Å². The summed E-state index contributed by atoms with van der Waals surface area (Å²) < 4.78 is 0.